The summed E-state index contributed by atoms with van der Waals surface area (Å²) in [5.74, 6) is 0.257. The number of pyridine rings is 1. The summed E-state index contributed by atoms with van der Waals surface area (Å²) in [5.41, 5.74) is 3.33. The highest BCUT2D eigenvalue weighted by atomic mass is 19.3. The van der Waals surface area contributed by atoms with E-state index in [-0.39, 0.29) is 23.3 Å². The number of halogens is 2. The van der Waals surface area contributed by atoms with Crippen LogP contribution < -0.4 is 4.74 Å². The van der Waals surface area contributed by atoms with Crippen molar-refractivity contribution in [1.29, 1.82) is 5.26 Å². The Bertz CT molecular complexity index is 1390. The van der Waals surface area contributed by atoms with Crippen molar-refractivity contribution in [1.82, 2.24) is 34.4 Å². The Balaban J connectivity index is 1.56. The van der Waals surface area contributed by atoms with Crippen molar-refractivity contribution in [3.63, 3.8) is 0 Å². The molecule has 9 nitrogen and oxygen atoms in total. The van der Waals surface area contributed by atoms with Crippen molar-refractivity contribution in [3.8, 4) is 23.2 Å². The third-order valence-electron chi connectivity index (χ3n) is 6.48. The lowest BCUT2D eigenvalue weighted by Crippen LogP contribution is -2.21. The van der Waals surface area contributed by atoms with Gasteiger partial charge in [0.15, 0.2) is 6.19 Å². The molecule has 1 fully saturated rings. The predicted octanol–water partition coefficient (Wildman–Crippen LogP) is 4.65. The first kappa shape index (κ1) is 22.7. The fraction of sp³-hybridized carbons (Fsp3) is 0.375. The number of hydrogen-bond donors (Lipinski definition) is 0. The molecule has 5 rings (SSSR count). The van der Waals surface area contributed by atoms with Crippen LogP contribution >= 0.6 is 0 Å². The number of imidazole rings is 1. The lowest BCUT2D eigenvalue weighted by Gasteiger charge is -2.17. The van der Waals surface area contributed by atoms with Crippen LogP contribution in [-0.2, 0) is 0 Å². The average Bonchev–Trinajstić information content (AvgIpc) is 3.55. The zero-order valence-corrected chi connectivity index (χ0v) is 19.5. The Kier molecular flexibility index (Phi) is 5.80. The second-order valence-electron chi connectivity index (χ2n) is 8.75. The normalized spacial score (nSPS) is 18.8. The van der Waals surface area contributed by atoms with Gasteiger partial charge in [-0.3, -0.25) is 9.55 Å². The second-order valence-corrected chi connectivity index (χ2v) is 8.75. The van der Waals surface area contributed by atoms with E-state index < -0.39 is 12.7 Å². The van der Waals surface area contributed by atoms with E-state index in [1.165, 1.54) is 0 Å². The molecule has 11 heteroatoms. The van der Waals surface area contributed by atoms with Crippen molar-refractivity contribution < 1.29 is 13.5 Å². The smallest absolute Gasteiger partial charge is 0.320 e. The number of alkyl halides is 2. The number of rotatable bonds is 6. The highest BCUT2D eigenvalue weighted by Crippen LogP contribution is 2.37. The van der Waals surface area contributed by atoms with Crippen LogP contribution in [0.15, 0.2) is 42.9 Å². The lowest BCUT2D eigenvalue weighted by atomic mass is 10.1. The fourth-order valence-corrected chi connectivity index (χ4v) is 4.65. The quantitative estimate of drug-likeness (QED) is 0.372. The zero-order valence-electron chi connectivity index (χ0n) is 19.5. The van der Waals surface area contributed by atoms with Gasteiger partial charge >= 0.3 is 6.55 Å². The van der Waals surface area contributed by atoms with Crippen LogP contribution in [0.5, 0.6) is 5.75 Å². The van der Waals surface area contributed by atoms with E-state index >= 15 is 0 Å². The van der Waals surface area contributed by atoms with Gasteiger partial charge in [0.2, 0.25) is 0 Å². The summed E-state index contributed by atoms with van der Waals surface area (Å²) in [6.45, 7) is 3.53. The Hall–Kier alpha value is -4.07. The van der Waals surface area contributed by atoms with E-state index in [1.807, 2.05) is 37.6 Å². The summed E-state index contributed by atoms with van der Waals surface area (Å²) in [6.07, 6.45) is 5.29. The van der Waals surface area contributed by atoms with Gasteiger partial charge in [0.25, 0.3) is 0 Å². The van der Waals surface area contributed by atoms with Crippen LogP contribution in [0.1, 0.15) is 50.4 Å². The molecule has 1 saturated heterocycles. The molecular weight excluding hydrogens is 454 g/mol. The minimum absolute atomic E-state index is 0.0209. The van der Waals surface area contributed by atoms with E-state index in [2.05, 4.69) is 26.5 Å². The van der Waals surface area contributed by atoms with E-state index in [1.54, 1.807) is 29.3 Å². The molecule has 4 heterocycles. The third-order valence-corrected chi connectivity index (χ3v) is 6.48. The first-order valence-corrected chi connectivity index (χ1v) is 11.3. The first-order chi connectivity index (χ1) is 16.9. The third kappa shape index (κ3) is 4.05. The van der Waals surface area contributed by atoms with Crippen molar-refractivity contribution in [2.45, 2.75) is 51.9 Å². The van der Waals surface area contributed by atoms with Crippen molar-refractivity contribution in [2.24, 2.45) is 0 Å². The topological polar surface area (TPSA) is 97.7 Å². The second kappa shape index (κ2) is 8.94. The average molecular weight is 479 g/mol. The van der Waals surface area contributed by atoms with E-state index in [4.69, 9.17) is 4.74 Å². The van der Waals surface area contributed by atoms with Gasteiger partial charge in [-0.05, 0) is 51.5 Å². The van der Waals surface area contributed by atoms with E-state index in [9.17, 15) is 14.0 Å². The summed E-state index contributed by atoms with van der Waals surface area (Å²) in [7, 11) is 0. The van der Waals surface area contributed by atoms with Crippen LogP contribution in [0, 0.1) is 18.4 Å². The molecular formula is C24H24F2N8O. The monoisotopic (exact) mass is 478 g/mol. The van der Waals surface area contributed by atoms with Gasteiger partial charge in [-0.15, -0.1) is 5.10 Å². The summed E-state index contributed by atoms with van der Waals surface area (Å²) in [5, 5.41) is 18.1. The Morgan fingerprint density at radius 1 is 1.23 bits per heavy atom. The van der Waals surface area contributed by atoms with Crippen LogP contribution in [-0.4, -0.2) is 47.0 Å². The molecule has 0 amide bonds. The SMILES string of the molecule is Cc1c(-c2cc(OC(C)c3ccccn3)c3c(c2)ncn3C(F)F)nnn1C1CC(C)N(C#N)C1. The predicted molar refractivity (Wildman–Crippen MR) is 123 cm³/mol. The number of nitrogens with zero attached hydrogens (tertiary/aromatic N) is 8. The van der Waals surface area contributed by atoms with Crippen molar-refractivity contribution in [3.05, 3.63) is 54.2 Å². The van der Waals surface area contributed by atoms with Crippen molar-refractivity contribution >= 4 is 11.0 Å². The molecule has 0 aliphatic carbocycles. The maximum absolute atomic E-state index is 13.7. The van der Waals surface area contributed by atoms with E-state index in [0.29, 0.717) is 29.0 Å². The fourth-order valence-electron chi connectivity index (χ4n) is 4.65. The maximum atomic E-state index is 13.7. The van der Waals surface area contributed by atoms with Crippen LogP contribution in [0.4, 0.5) is 8.78 Å². The van der Waals surface area contributed by atoms with Gasteiger partial charge < -0.3 is 9.64 Å². The molecule has 0 saturated carbocycles. The number of hydrogen-bond acceptors (Lipinski definition) is 7. The van der Waals surface area contributed by atoms with Gasteiger partial charge in [0.1, 0.15) is 29.4 Å². The number of aromatic nitrogens is 6. The summed E-state index contributed by atoms with van der Waals surface area (Å²) in [6, 6.07) is 9.02. The largest absolute Gasteiger partial charge is 0.482 e. The summed E-state index contributed by atoms with van der Waals surface area (Å²) >= 11 is 0. The van der Waals surface area contributed by atoms with E-state index in [0.717, 1.165) is 23.0 Å². The molecule has 3 atom stereocenters. The van der Waals surface area contributed by atoms with Gasteiger partial charge in [0.05, 0.1) is 29.5 Å². The van der Waals surface area contributed by atoms with Crippen LogP contribution in [0.2, 0.25) is 0 Å². The van der Waals surface area contributed by atoms with Gasteiger partial charge in [0, 0.05) is 17.8 Å². The maximum Gasteiger partial charge on any atom is 0.320 e. The molecule has 1 aliphatic heterocycles. The number of likely N-dealkylation sites (tertiary alicyclic amines) is 1. The molecule has 0 spiro atoms. The van der Waals surface area contributed by atoms with Gasteiger partial charge in [-0.25, -0.2) is 9.67 Å². The standard InChI is InChI=1S/C24H24F2N8O/c1-14-8-18(11-32(14)12-27)34-15(2)22(30-31-34)17-9-20-23(33(13-29-20)24(25)26)21(10-17)35-16(3)19-6-4-5-7-28-19/h4-7,9-10,13-14,16,18,24H,8,11H2,1-3H3. The highest BCUT2D eigenvalue weighted by molar-refractivity contribution is 5.87. The first-order valence-electron chi connectivity index (χ1n) is 11.3. The minimum atomic E-state index is -2.77. The molecule has 0 radical (unpaired) electrons. The number of benzene rings is 1. The molecule has 0 bridgehead atoms. The Morgan fingerprint density at radius 3 is 2.74 bits per heavy atom. The molecule has 1 aliphatic rings. The Labute approximate surface area is 200 Å². The molecule has 1 aromatic carbocycles. The number of fused-ring (bicyclic) bond motifs is 1. The molecule has 4 aromatic rings. The molecule has 3 aromatic heterocycles. The van der Waals surface area contributed by atoms with Gasteiger partial charge in [-0.1, -0.05) is 11.3 Å². The highest BCUT2D eigenvalue weighted by Gasteiger charge is 2.32. The zero-order chi connectivity index (χ0) is 24.7. The van der Waals surface area contributed by atoms with Crippen LogP contribution in [0.3, 0.4) is 0 Å². The minimum Gasteiger partial charge on any atom is -0.482 e. The Morgan fingerprint density at radius 2 is 2.06 bits per heavy atom. The molecule has 180 valence electrons. The van der Waals surface area contributed by atoms with Crippen LogP contribution in [0.25, 0.3) is 22.3 Å². The summed E-state index contributed by atoms with van der Waals surface area (Å²) < 4.78 is 36.2. The number of nitriles is 1. The molecule has 0 N–H and O–H groups in total. The molecule has 3 unspecified atom stereocenters. The van der Waals surface area contributed by atoms with Crippen molar-refractivity contribution in [2.75, 3.05) is 6.54 Å². The lowest BCUT2D eigenvalue weighted by molar-refractivity contribution is 0.0737. The molecule has 35 heavy (non-hydrogen) atoms. The summed E-state index contributed by atoms with van der Waals surface area (Å²) in [4.78, 5) is 10.3. The number of ether oxygens (including phenoxy) is 1. The van der Waals surface area contributed by atoms with Gasteiger partial charge in [-0.2, -0.15) is 14.0 Å².